The Hall–Kier alpha value is -3.80. The lowest BCUT2D eigenvalue weighted by Crippen LogP contribution is -2.67. The van der Waals surface area contributed by atoms with E-state index in [2.05, 4.69) is 53.1 Å². The molecule has 3 aliphatic heterocycles. The van der Waals surface area contributed by atoms with Crippen LogP contribution in [0.3, 0.4) is 0 Å². The van der Waals surface area contributed by atoms with Crippen LogP contribution in [0.15, 0.2) is 77.9 Å². The third-order valence-electron chi connectivity index (χ3n) is 7.91. The molecule has 3 aliphatic rings. The average Bonchev–Trinajstić information content (AvgIpc) is 3.14. The van der Waals surface area contributed by atoms with Crippen molar-refractivity contribution in [3.63, 3.8) is 0 Å². The van der Waals surface area contributed by atoms with Crippen molar-refractivity contribution in [1.29, 1.82) is 0 Å². The quantitative estimate of drug-likeness (QED) is 0.563. The number of hydrazone groups is 1. The molecule has 6 nitrogen and oxygen atoms in total. The second-order valence-corrected chi connectivity index (χ2v) is 9.77. The largest absolute Gasteiger partial charge is 0.497 e. The lowest BCUT2D eigenvalue weighted by molar-refractivity contribution is -0.125. The van der Waals surface area contributed by atoms with E-state index in [1.165, 1.54) is 11.3 Å². The van der Waals surface area contributed by atoms with Crippen LogP contribution in [0.2, 0.25) is 0 Å². The minimum absolute atomic E-state index is 0.0139. The number of amides is 1. The van der Waals surface area contributed by atoms with E-state index in [1.807, 2.05) is 43.3 Å². The Balaban J connectivity index is 1.42. The van der Waals surface area contributed by atoms with Gasteiger partial charge >= 0.3 is 0 Å². The maximum Gasteiger partial charge on any atom is 0.261 e. The predicted molar refractivity (Wildman–Crippen MR) is 141 cm³/mol. The summed E-state index contributed by atoms with van der Waals surface area (Å²) >= 11 is 0. The number of carbonyl (C=O) groups excluding carboxylic acids is 1. The van der Waals surface area contributed by atoms with E-state index in [4.69, 9.17) is 9.84 Å². The molecule has 6 heteroatoms. The predicted octanol–water partition coefficient (Wildman–Crippen LogP) is 4.66. The Bertz CT molecular complexity index is 1300. The van der Waals surface area contributed by atoms with Crippen LogP contribution < -0.4 is 19.5 Å². The van der Waals surface area contributed by atoms with Crippen molar-refractivity contribution in [3.8, 4) is 5.75 Å². The first-order valence-electron chi connectivity index (χ1n) is 12.2. The van der Waals surface area contributed by atoms with Gasteiger partial charge in [0.2, 0.25) is 0 Å². The lowest BCUT2D eigenvalue weighted by Gasteiger charge is -2.53. The number of benzene rings is 3. The number of hydrogen-bond acceptors (Lipinski definition) is 5. The van der Waals surface area contributed by atoms with Crippen LogP contribution in [-0.2, 0) is 11.2 Å². The first-order chi connectivity index (χ1) is 17.0. The van der Waals surface area contributed by atoms with E-state index in [9.17, 15) is 4.79 Å². The zero-order chi connectivity index (χ0) is 24.2. The van der Waals surface area contributed by atoms with Crippen LogP contribution in [0, 0.1) is 12.3 Å². The molecule has 35 heavy (non-hydrogen) atoms. The second kappa shape index (κ2) is 8.15. The molecule has 0 bridgehead atoms. The number of para-hydroxylation sites is 1. The number of fused-ring (bicyclic) bond motifs is 4. The highest BCUT2D eigenvalue weighted by Crippen LogP contribution is 2.48. The van der Waals surface area contributed by atoms with Gasteiger partial charge in [-0.25, -0.2) is 0 Å². The molecule has 3 aromatic rings. The second-order valence-electron chi connectivity index (χ2n) is 9.77. The maximum atomic E-state index is 14.3. The third-order valence-corrected chi connectivity index (χ3v) is 7.91. The van der Waals surface area contributed by atoms with Gasteiger partial charge in [-0.05, 0) is 68.3 Å². The van der Waals surface area contributed by atoms with E-state index in [-0.39, 0.29) is 11.9 Å². The zero-order valence-corrected chi connectivity index (χ0v) is 20.4. The van der Waals surface area contributed by atoms with Gasteiger partial charge in [-0.2, -0.15) is 10.1 Å². The molecule has 6 rings (SSSR count). The summed E-state index contributed by atoms with van der Waals surface area (Å²) in [7, 11) is 1.69. The SMILES string of the molecule is COc1ccc(N2CCN3c4ccccc4CC4(C(=O)N(c5ccc(C)cc5)N=C4C)C3C2)cc1. The summed E-state index contributed by atoms with van der Waals surface area (Å²) in [4.78, 5) is 19.2. The summed E-state index contributed by atoms with van der Waals surface area (Å²) in [5.74, 6) is 0.915. The summed E-state index contributed by atoms with van der Waals surface area (Å²) in [6.07, 6.45) is 0.664. The number of aryl methyl sites for hydroxylation is 1. The number of methoxy groups -OCH3 is 1. The van der Waals surface area contributed by atoms with Crippen molar-refractivity contribution >= 4 is 28.7 Å². The Morgan fingerprint density at radius 2 is 1.63 bits per heavy atom. The van der Waals surface area contributed by atoms with Crippen LogP contribution in [0.25, 0.3) is 0 Å². The van der Waals surface area contributed by atoms with Gasteiger partial charge in [0.1, 0.15) is 11.2 Å². The number of piperazine rings is 1. The van der Waals surface area contributed by atoms with E-state index < -0.39 is 5.41 Å². The summed E-state index contributed by atoms with van der Waals surface area (Å²) in [6.45, 7) is 6.57. The summed E-state index contributed by atoms with van der Waals surface area (Å²) in [5, 5.41) is 6.50. The standard InChI is InChI=1S/C29H30N4O2/c1-20-8-10-24(11-9-20)33-28(34)29(21(2)30-33)18-22-6-4-5-7-26(22)32-17-16-31(19-27(29)32)23-12-14-25(35-3)15-13-23/h4-15,27H,16-19H2,1-3H3. The maximum absolute atomic E-state index is 14.3. The van der Waals surface area contributed by atoms with Gasteiger partial charge in [-0.3, -0.25) is 4.79 Å². The van der Waals surface area contributed by atoms with Crippen molar-refractivity contribution in [2.45, 2.75) is 26.3 Å². The lowest BCUT2D eigenvalue weighted by atomic mass is 9.67. The van der Waals surface area contributed by atoms with Crippen molar-refractivity contribution in [2.75, 3.05) is 41.6 Å². The molecule has 1 spiro atoms. The first-order valence-corrected chi connectivity index (χ1v) is 12.2. The van der Waals surface area contributed by atoms with E-state index in [0.29, 0.717) is 6.42 Å². The average molecular weight is 467 g/mol. The molecular formula is C29H30N4O2. The Kier molecular flexibility index (Phi) is 5.06. The number of carbonyl (C=O) groups is 1. The van der Waals surface area contributed by atoms with Crippen LogP contribution >= 0.6 is 0 Å². The van der Waals surface area contributed by atoms with Gasteiger partial charge in [-0.1, -0.05) is 35.9 Å². The minimum atomic E-state index is -0.704. The molecule has 0 aliphatic carbocycles. The molecule has 0 N–H and O–H groups in total. The number of ether oxygens (including phenoxy) is 1. The van der Waals surface area contributed by atoms with Gasteiger partial charge in [0, 0.05) is 31.0 Å². The molecule has 1 amide bonds. The van der Waals surface area contributed by atoms with Crippen molar-refractivity contribution in [3.05, 3.63) is 83.9 Å². The molecule has 1 fully saturated rings. The molecule has 3 heterocycles. The molecule has 178 valence electrons. The molecule has 2 atom stereocenters. The van der Waals surface area contributed by atoms with Crippen molar-refractivity contribution in [1.82, 2.24) is 0 Å². The molecule has 3 aromatic carbocycles. The third kappa shape index (κ3) is 3.31. The van der Waals surface area contributed by atoms with E-state index in [0.717, 1.165) is 48.0 Å². The number of hydrogen-bond donors (Lipinski definition) is 0. The molecule has 0 radical (unpaired) electrons. The Morgan fingerprint density at radius 1 is 0.914 bits per heavy atom. The number of nitrogens with zero attached hydrogens (tertiary/aromatic N) is 4. The Labute approximate surface area is 206 Å². The Morgan fingerprint density at radius 3 is 2.37 bits per heavy atom. The van der Waals surface area contributed by atoms with Crippen LogP contribution in [0.5, 0.6) is 5.75 Å². The highest BCUT2D eigenvalue weighted by molar-refractivity contribution is 6.20. The van der Waals surface area contributed by atoms with Gasteiger partial charge in [0.05, 0.1) is 24.6 Å². The summed E-state index contributed by atoms with van der Waals surface area (Å²) in [6, 6.07) is 24.8. The van der Waals surface area contributed by atoms with Gasteiger partial charge in [-0.15, -0.1) is 0 Å². The van der Waals surface area contributed by atoms with Crippen LogP contribution in [0.4, 0.5) is 17.1 Å². The minimum Gasteiger partial charge on any atom is -0.497 e. The van der Waals surface area contributed by atoms with E-state index >= 15 is 0 Å². The molecule has 0 saturated carbocycles. The topological polar surface area (TPSA) is 48.4 Å². The molecule has 1 saturated heterocycles. The van der Waals surface area contributed by atoms with Crippen molar-refractivity contribution < 1.29 is 9.53 Å². The van der Waals surface area contributed by atoms with Gasteiger partial charge in [0.25, 0.3) is 5.91 Å². The van der Waals surface area contributed by atoms with Gasteiger partial charge < -0.3 is 14.5 Å². The first kappa shape index (κ1) is 21.7. The molecule has 0 aromatic heterocycles. The van der Waals surface area contributed by atoms with Crippen molar-refractivity contribution in [2.24, 2.45) is 10.5 Å². The molecule has 2 unspecified atom stereocenters. The van der Waals surface area contributed by atoms with E-state index in [1.54, 1.807) is 12.1 Å². The summed E-state index contributed by atoms with van der Waals surface area (Å²) in [5.41, 5.74) is 5.78. The fourth-order valence-corrected chi connectivity index (χ4v) is 5.96. The number of anilines is 3. The highest BCUT2D eigenvalue weighted by Gasteiger charge is 2.59. The smallest absolute Gasteiger partial charge is 0.261 e. The fraction of sp³-hybridized carbons (Fsp3) is 0.310. The monoisotopic (exact) mass is 466 g/mol. The van der Waals surface area contributed by atoms with Crippen LogP contribution in [0.1, 0.15) is 18.1 Å². The fourth-order valence-electron chi connectivity index (χ4n) is 5.96. The zero-order valence-electron chi connectivity index (χ0n) is 20.4. The molecular weight excluding hydrogens is 436 g/mol. The highest BCUT2D eigenvalue weighted by atomic mass is 16.5. The number of rotatable bonds is 3. The van der Waals surface area contributed by atoms with Crippen LogP contribution in [-0.4, -0.2) is 44.4 Å². The normalized spacial score (nSPS) is 23.3. The summed E-state index contributed by atoms with van der Waals surface area (Å²) < 4.78 is 5.35. The van der Waals surface area contributed by atoms with Gasteiger partial charge in [0.15, 0.2) is 0 Å².